The summed E-state index contributed by atoms with van der Waals surface area (Å²) in [4.78, 5) is 13.6. The van der Waals surface area contributed by atoms with Crippen molar-refractivity contribution in [3.8, 4) is 11.3 Å². The number of benzene rings is 1. The minimum atomic E-state index is 0.103. The van der Waals surface area contributed by atoms with Gasteiger partial charge < -0.3 is 10.2 Å². The third-order valence-electron chi connectivity index (χ3n) is 4.95. The standard InChI is InChI=1S/C19H22N6O/c1-13(26)25-11-9-18-16(12-25)19(22-24(18)3)21-15-6-4-14(5-7-15)17-8-10-20-23(17)2/h4-8,10H,9,11-12H2,1-3H3,(H,21,22). The number of rotatable bonds is 3. The van der Waals surface area contributed by atoms with Crippen LogP contribution in [0.3, 0.4) is 0 Å². The number of anilines is 2. The van der Waals surface area contributed by atoms with Gasteiger partial charge in [-0.15, -0.1) is 0 Å². The molecule has 0 saturated carbocycles. The van der Waals surface area contributed by atoms with Crippen LogP contribution in [0.4, 0.5) is 11.5 Å². The van der Waals surface area contributed by atoms with Crippen molar-refractivity contribution in [2.45, 2.75) is 19.9 Å². The van der Waals surface area contributed by atoms with Gasteiger partial charge in [0.05, 0.1) is 12.2 Å². The topological polar surface area (TPSA) is 68.0 Å². The molecule has 4 rings (SSSR count). The minimum absolute atomic E-state index is 0.103. The molecule has 1 aliphatic heterocycles. The Morgan fingerprint density at radius 3 is 2.54 bits per heavy atom. The van der Waals surface area contributed by atoms with Crippen molar-refractivity contribution in [3.05, 3.63) is 47.8 Å². The first-order chi connectivity index (χ1) is 12.5. The Bertz CT molecular complexity index is 953. The molecule has 2 aromatic heterocycles. The Morgan fingerprint density at radius 2 is 1.88 bits per heavy atom. The molecule has 7 nitrogen and oxygen atoms in total. The molecule has 0 aliphatic carbocycles. The van der Waals surface area contributed by atoms with E-state index < -0.39 is 0 Å². The van der Waals surface area contributed by atoms with E-state index in [-0.39, 0.29) is 5.91 Å². The maximum absolute atomic E-state index is 11.7. The second kappa shape index (κ2) is 6.33. The third kappa shape index (κ3) is 2.85. The molecule has 1 amide bonds. The summed E-state index contributed by atoms with van der Waals surface area (Å²) in [5, 5.41) is 12.2. The molecule has 7 heteroatoms. The SMILES string of the molecule is CC(=O)N1CCc2c(c(Nc3ccc(-c4ccnn4C)cc3)nn2C)C1. The van der Waals surface area contributed by atoms with E-state index in [1.807, 2.05) is 46.6 Å². The van der Waals surface area contributed by atoms with Gasteiger partial charge in [0.1, 0.15) is 0 Å². The van der Waals surface area contributed by atoms with E-state index in [0.29, 0.717) is 6.54 Å². The molecule has 134 valence electrons. The van der Waals surface area contributed by atoms with Crippen LogP contribution in [-0.4, -0.2) is 36.9 Å². The molecule has 0 bridgehead atoms. The van der Waals surface area contributed by atoms with E-state index in [4.69, 9.17) is 0 Å². The summed E-state index contributed by atoms with van der Waals surface area (Å²) in [6, 6.07) is 10.2. The van der Waals surface area contributed by atoms with Crippen molar-refractivity contribution >= 4 is 17.4 Å². The first-order valence-electron chi connectivity index (χ1n) is 8.68. The van der Waals surface area contributed by atoms with E-state index in [1.165, 1.54) is 5.69 Å². The maximum Gasteiger partial charge on any atom is 0.219 e. The average molecular weight is 350 g/mol. The van der Waals surface area contributed by atoms with Crippen molar-refractivity contribution in [2.24, 2.45) is 14.1 Å². The fraction of sp³-hybridized carbons (Fsp3) is 0.316. The second-order valence-corrected chi connectivity index (χ2v) is 6.63. The number of nitrogens with zero attached hydrogens (tertiary/aromatic N) is 5. The van der Waals surface area contributed by atoms with Crippen molar-refractivity contribution in [1.29, 1.82) is 0 Å². The molecule has 0 saturated heterocycles. The molecular weight excluding hydrogens is 328 g/mol. The van der Waals surface area contributed by atoms with Gasteiger partial charge in [-0.05, 0) is 23.8 Å². The van der Waals surface area contributed by atoms with Crippen LogP contribution in [-0.2, 0) is 31.9 Å². The molecule has 1 aliphatic rings. The largest absolute Gasteiger partial charge is 0.338 e. The van der Waals surface area contributed by atoms with Gasteiger partial charge in [0, 0.05) is 57.1 Å². The van der Waals surface area contributed by atoms with Gasteiger partial charge >= 0.3 is 0 Å². The van der Waals surface area contributed by atoms with Crippen LogP contribution in [0.5, 0.6) is 0 Å². The number of hydrogen-bond acceptors (Lipinski definition) is 4. The van der Waals surface area contributed by atoms with Gasteiger partial charge in [0.25, 0.3) is 0 Å². The molecule has 0 atom stereocenters. The molecule has 26 heavy (non-hydrogen) atoms. The summed E-state index contributed by atoms with van der Waals surface area (Å²) in [5.74, 6) is 0.924. The van der Waals surface area contributed by atoms with Gasteiger partial charge in [0.15, 0.2) is 5.82 Å². The second-order valence-electron chi connectivity index (χ2n) is 6.63. The van der Waals surface area contributed by atoms with Gasteiger partial charge in [-0.3, -0.25) is 14.2 Å². The lowest BCUT2D eigenvalue weighted by atomic mass is 10.1. The summed E-state index contributed by atoms with van der Waals surface area (Å²) in [5.41, 5.74) is 5.45. The smallest absolute Gasteiger partial charge is 0.219 e. The number of hydrogen-bond donors (Lipinski definition) is 1. The molecular formula is C19H22N6O. The predicted octanol–water partition coefficient (Wildman–Crippen LogP) is 2.47. The summed E-state index contributed by atoms with van der Waals surface area (Å²) in [6.07, 6.45) is 2.63. The Balaban J connectivity index is 1.58. The van der Waals surface area contributed by atoms with Crippen LogP contribution < -0.4 is 5.32 Å². The summed E-state index contributed by atoms with van der Waals surface area (Å²) in [6.45, 7) is 2.97. The van der Waals surface area contributed by atoms with Gasteiger partial charge in [-0.25, -0.2) is 0 Å². The fourth-order valence-corrected chi connectivity index (χ4v) is 3.48. The van der Waals surface area contributed by atoms with Crippen molar-refractivity contribution in [1.82, 2.24) is 24.5 Å². The minimum Gasteiger partial charge on any atom is -0.338 e. The van der Waals surface area contributed by atoms with Crippen molar-refractivity contribution in [3.63, 3.8) is 0 Å². The number of carbonyl (C=O) groups is 1. The van der Waals surface area contributed by atoms with Crippen LogP contribution in [0.2, 0.25) is 0 Å². The van der Waals surface area contributed by atoms with E-state index >= 15 is 0 Å². The fourth-order valence-electron chi connectivity index (χ4n) is 3.48. The molecule has 3 aromatic rings. The molecule has 0 fully saturated rings. The molecule has 1 N–H and O–H groups in total. The van der Waals surface area contributed by atoms with E-state index in [9.17, 15) is 4.79 Å². The molecule has 0 unspecified atom stereocenters. The normalized spacial score (nSPS) is 13.6. The summed E-state index contributed by atoms with van der Waals surface area (Å²) < 4.78 is 3.77. The first-order valence-corrected chi connectivity index (χ1v) is 8.68. The Hall–Kier alpha value is -3.09. The van der Waals surface area contributed by atoms with Crippen LogP contribution >= 0.6 is 0 Å². The number of amides is 1. The van der Waals surface area contributed by atoms with Crippen molar-refractivity contribution < 1.29 is 4.79 Å². The van der Waals surface area contributed by atoms with E-state index in [1.54, 1.807) is 13.1 Å². The van der Waals surface area contributed by atoms with Crippen molar-refractivity contribution in [2.75, 3.05) is 11.9 Å². The summed E-state index contributed by atoms with van der Waals surface area (Å²) in [7, 11) is 3.89. The highest BCUT2D eigenvalue weighted by atomic mass is 16.2. The summed E-state index contributed by atoms with van der Waals surface area (Å²) >= 11 is 0. The lowest BCUT2D eigenvalue weighted by molar-refractivity contribution is -0.129. The van der Waals surface area contributed by atoms with Gasteiger partial charge in [-0.2, -0.15) is 10.2 Å². The highest BCUT2D eigenvalue weighted by molar-refractivity contribution is 5.74. The Labute approximate surface area is 152 Å². The Kier molecular flexibility index (Phi) is 3.99. The zero-order chi connectivity index (χ0) is 18.3. The van der Waals surface area contributed by atoms with E-state index in [2.05, 4.69) is 27.6 Å². The zero-order valence-corrected chi connectivity index (χ0v) is 15.2. The number of aryl methyl sites for hydroxylation is 2. The molecule has 0 radical (unpaired) electrons. The quantitative estimate of drug-likeness (QED) is 0.788. The molecule has 1 aromatic carbocycles. The van der Waals surface area contributed by atoms with Gasteiger partial charge in [0.2, 0.25) is 5.91 Å². The lowest BCUT2D eigenvalue weighted by Crippen LogP contribution is -2.34. The highest BCUT2D eigenvalue weighted by Gasteiger charge is 2.25. The zero-order valence-electron chi connectivity index (χ0n) is 15.2. The molecule has 0 spiro atoms. The number of carbonyl (C=O) groups excluding carboxylic acids is 1. The highest BCUT2D eigenvalue weighted by Crippen LogP contribution is 2.29. The van der Waals surface area contributed by atoms with Crippen LogP contribution in [0, 0.1) is 0 Å². The molecule has 3 heterocycles. The van der Waals surface area contributed by atoms with Crippen LogP contribution in [0.15, 0.2) is 36.5 Å². The predicted molar refractivity (Wildman–Crippen MR) is 99.9 cm³/mol. The maximum atomic E-state index is 11.7. The third-order valence-corrected chi connectivity index (χ3v) is 4.95. The van der Waals surface area contributed by atoms with Gasteiger partial charge in [-0.1, -0.05) is 12.1 Å². The monoisotopic (exact) mass is 350 g/mol. The van der Waals surface area contributed by atoms with E-state index in [0.717, 1.165) is 41.3 Å². The lowest BCUT2D eigenvalue weighted by Gasteiger charge is -2.26. The number of aromatic nitrogens is 4. The number of nitrogens with one attached hydrogen (secondary N) is 1. The Morgan fingerprint density at radius 1 is 1.12 bits per heavy atom. The van der Waals surface area contributed by atoms with Crippen LogP contribution in [0.1, 0.15) is 18.2 Å². The van der Waals surface area contributed by atoms with Crippen LogP contribution in [0.25, 0.3) is 11.3 Å². The number of fused-ring (bicyclic) bond motifs is 1. The average Bonchev–Trinajstić information content (AvgIpc) is 3.19. The first kappa shape index (κ1) is 16.4.